The van der Waals surface area contributed by atoms with Crippen molar-refractivity contribution in [1.29, 1.82) is 0 Å². The van der Waals surface area contributed by atoms with Crippen LogP contribution >= 0.6 is 0 Å². The molecule has 0 aliphatic carbocycles. The lowest BCUT2D eigenvalue weighted by Gasteiger charge is -2.11. The van der Waals surface area contributed by atoms with Crippen LogP contribution in [0.5, 0.6) is 0 Å². The summed E-state index contributed by atoms with van der Waals surface area (Å²) in [5.74, 6) is -0.344. The first-order valence-electron chi connectivity index (χ1n) is 5.54. The summed E-state index contributed by atoms with van der Waals surface area (Å²) in [6, 6.07) is 5.13. The van der Waals surface area contributed by atoms with Gasteiger partial charge in [-0.15, -0.1) is 0 Å². The van der Waals surface area contributed by atoms with E-state index < -0.39 is 16.1 Å². The molecule has 18 heavy (non-hydrogen) atoms. The third-order valence-corrected chi connectivity index (χ3v) is 3.28. The zero-order valence-corrected chi connectivity index (χ0v) is 10.9. The molecule has 0 aliphatic heterocycles. The van der Waals surface area contributed by atoms with Gasteiger partial charge in [-0.3, -0.25) is 4.79 Å². The third-order valence-electron chi connectivity index (χ3n) is 2.37. The zero-order valence-electron chi connectivity index (χ0n) is 10.1. The van der Waals surface area contributed by atoms with E-state index in [1.807, 2.05) is 6.92 Å². The van der Waals surface area contributed by atoms with Crippen LogP contribution in [0.3, 0.4) is 0 Å². The summed E-state index contributed by atoms with van der Waals surface area (Å²) < 4.78 is 22.3. The molecule has 0 bridgehead atoms. The van der Waals surface area contributed by atoms with Gasteiger partial charge in [0.05, 0.1) is 10.9 Å². The number of hydrogen-bond acceptors (Lipinski definition) is 4. The Bertz CT molecular complexity index is 528. The molecule has 1 amide bonds. The lowest BCUT2D eigenvalue weighted by Crippen LogP contribution is -2.35. The molecule has 1 atom stereocenters. The monoisotopic (exact) mass is 271 g/mol. The summed E-state index contributed by atoms with van der Waals surface area (Å²) in [5.41, 5.74) is 6.00. The summed E-state index contributed by atoms with van der Waals surface area (Å²) >= 11 is 0. The molecule has 6 nitrogen and oxygen atoms in total. The molecule has 0 aromatic heterocycles. The van der Waals surface area contributed by atoms with E-state index in [2.05, 4.69) is 5.32 Å². The van der Waals surface area contributed by atoms with Crippen LogP contribution in [0.2, 0.25) is 0 Å². The largest absolute Gasteiger partial charge is 0.325 e. The number of primary sulfonamides is 1. The fraction of sp³-hybridized carbons (Fsp3) is 0.364. The van der Waals surface area contributed by atoms with Crippen LogP contribution in [0.25, 0.3) is 0 Å². The van der Waals surface area contributed by atoms with Crippen LogP contribution in [-0.4, -0.2) is 20.4 Å². The average Bonchev–Trinajstić information content (AvgIpc) is 2.28. The number of anilines is 1. The smallest absolute Gasteiger partial charge is 0.241 e. The number of carbonyl (C=O) groups excluding carboxylic acids is 1. The first kappa shape index (κ1) is 14.6. The molecule has 1 aromatic rings. The van der Waals surface area contributed by atoms with Gasteiger partial charge in [-0.1, -0.05) is 19.4 Å². The van der Waals surface area contributed by atoms with Gasteiger partial charge in [0.2, 0.25) is 15.9 Å². The minimum atomic E-state index is -3.77. The number of carbonyl (C=O) groups is 1. The van der Waals surface area contributed by atoms with E-state index in [9.17, 15) is 13.2 Å². The molecule has 0 heterocycles. The first-order valence-corrected chi connectivity index (χ1v) is 7.08. The summed E-state index contributed by atoms with van der Waals surface area (Å²) in [7, 11) is -3.77. The van der Waals surface area contributed by atoms with Crippen molar-refractivity contribution in [3.8, 4) is 0 Å². The highest BCUT2D eigenvalue weighted by Gasteiger charge is 2.13. The Kier molecular flexibility index (Phi) is 4.83. The average molecular weight is 271 g/mol. The van der Waals surface area contributed by atoms with Crippen LogP contribution in [0.4, 0.5) is 5.69 Å². The Balaban J connectivity index is 2.83. The molecule has 0 spiro atoms. The Morgan fingerprint density at radius 2 is 2.11 bits per heavy atom. The normalized spacial score (nSPS) is 13.1. The molecule has 100 valence electrons. The molecule has 0 aliphatic rings. The number of amides is 1. The van der Waals surface area contributed by atoms with Crippen LogP contribution < -0.4 is 16.2 Å². The molecule has 5 N–H and O–H groups in total. The second-order valence-corrected chi connectivity index (χ2v) is 5.52. The van der Waals surface area contributed by atoms with Crippen molar-refractivity contribution in [2.24, 2.45) is 10.9 Å². The van der Waals surface area contributed by atoms with Gasteiger partial charge in [-0.05, 0) is 24.6 Å². The van der Waals surface area contributed by atoms with Gasteiger partial charge in [0.15, 0.2) is 0 Å². The van der Waals surface area contributed by atoms with Crippen molar-refractivity contribution in [2.75, 3.05) is 5.32 Å². The second-order valence-electron chi connectivity index (χ2n) is 3.96. The van der Waals surface area contributed by atoms with E-state index in [0.717, 1.165) is 6.42 Å². The molecule has 0 saturated heterocycles. The highest BCUT2D eigenvalue weighted by atomic mass is 32.2. The molecule has 1 rings (SSSR count). The third kappa shape index (κ3) is 4.10. The predicted octanol–water partition coefficient (Wildman–Crippen LogP) is 0.400. The van der Waals surface area contributed by atoms with Gasteiger partial charge in [-0.25, -0.2) is 13.6 Å². The van der Waals surface area contributed by atoms with Crippen LogP contribution in [0, 0.1) is 0 Å². The Morgan fingerprint density at radius 3 is 2.67 bits per heavy atom. The number of benzene rings is 1. The lowest BCUT2D eigenvalue weighted by molar-refractivity contribution is -0.117. The summed E-state index contributed by atoms with van der Waals surface area (Å²) in [6.45, 7) is 1.93. The van der Waals surface area contributed by atoms with E-state index in [1.54, 1.807) is 6.07 Å². The lowest BCUT2D eigenvalue weighted by atomic mass is 10.1. The predicted molar refractivity (Wildman–Crippen MR) is 69.3 cm³/mol. The highest BCUT2D eigenvalue weighted by Crippen LogP contribution is 2.14. The SMILES string of the molecule is CCC[C@@H](N)C(=O)Nc1cccc(S(N)(=O)=O)c1. The maximum absolute atomic E-state index is 11.6. The van der Waals surface area contributed by atoms with Crippen LogP contribution in [0.1, 0.15) is 19.8 Å². The van der Waals surface area contributed by atoms with Gasteiger partial charge < -0.3 is 11.1 Å². The molecular formula is C11H17N3O3S. The Labute approximate surface area is 106 Å². The summed E-state index contributed by atoms with van der Waals surface area (Å²) in [4.78, 5) is 11.6. The minimum Gasteiger partial charge on any atom is -0.325 e. The van der Waals surface area contributed by atoms with Crippen molar-refractivity contribution in [1.82, 2.24) is 0 Å². The molecule has 0 unspecified atom stereocenters. The molecular weight excluding hydrogens is 254 g/mol. The number of hydrogen-bond donors (Lipinski definition) is 3. The van der Waals surface area contributed by atoms with Crippen molar-refractivity contribution >= 4 is 21.6 Å². The fourth-order valence-corrected chi connectivity index (χ4v) is 1.99. The maximum atomic E-state index is 11.6. The summed E-state index contributed by atoms with van der Waals surface area (Å²) in [5, 5.41) is 7.55. The van der Waals surface area contributed by atoms with Crippen molar-refractivity contribution < 1.29 is 13.2 Å². The molecule has 1 aromatic carbocycles. The minimum absolute atomic E-state index is 0.0515. The maximum Gasteiger partial charge on any atom is 0.241 e. The summed E-state index contributed by atoms with van der Waals surface area (Å²) in [6.07, 6.45) is 1.37. The molecule has 0 fully saturated rings. The number of rotatable bonds is 5. The van der Waals surface area contributed by atoms with Gasteiger partial charge >= 0.3 is 0 Å². The van der Waals surface area contributed by atoms with Crippen molar-refractivity contribution in [2.45, 2.75) is 30.7 Å². The van der Waals surface area contributed by atoms with E-state index in [0.29, 0.717) is 12.1 Å². The Hall–Kier alpha value is -1.44. The topological polar surface area (TPSA) is 115 Å². The second kappa shape index (κ2) is 5.94. The van der Waals surface area contributed by atoms with E-state index in [-0.39, 0.29) is 10.8 Å². The van der Waals surface area contributed by atoms with Gasteiger partial charge in [-0.2, -0.15) is 0 Å². The number of sulfonamides is 1. The standard InChI is InChI=1S/C11H17N3O3S/c1-2-4-10(12)11(15)14-8-5-3-6-9(7-8)18(13,16)17/h3,5-7,10H,2,4,12H2,1H3,(H,14,15)(H2,13,16,17)/t10-/m1/s1. The quantitative estimate of drug-likeness (QED) is 0.718. The van der Waals surface area contributed by atoms with Crippen molar-refractivity contribution in [3.05, 3.63) is 24.3 Å². The fourth-order valence-electron chi connectivity index (χ4n) is 1.43. The molecule has 7 heteroatoms. The van der Waals surface area contributed by atoms with Gasteiger partial charge in [0, 0.05) is 5.69 Å². The van der Waals surface area contributed by atoms with E-state index >= 15 is 0 Å². The zero-order chi connectivity index (χ0) is 13.8. The number of nitrogens with two attached hydrogens (primary N) is 2. The molecule has 0 radical (unpaired) electrons. The van der Waals surface area contributed by atoms with E-state index in [1.165, 1.54) is 18.2 Å². The highest BCUT2D eigenvalue weighted by molar-refractivity contribution is 7.89. The van der Waals surface area contributed by atoms with Crippen LogP contribution in [-0.2, 0) is 14.8 Å². The van der Waals surface area contributed by atoms with Gasteiger partial charge in [0.25, 0.3) is 0 Å². The molecule has 0 saturated carbocycles. The number of nitrogens with one attached hydrogen (secondary N) is 1. The first-order chi connectivity index (χ1) is 8.34. The Morgan fingerprint density at radius 1 is 1.44 bits per heavy atom. The van der Waals surface area contributed by atoms with Crippen molar-refractivity contribution in [3.63, 3.8) is 0 Å². The van der Waals surface area contributed by atoms with Gasteiger partial charge in [0.1, 0.15) is 0 Å². The van der Waals surface area contributed by atoms with E-state index in [4.69, 9.17) is 10.9 Å². The van der Waals surface area contributed by atoms with Crippen LogP contribution in [0.15, 0.2) is 29.2 Å².